The van der Waals surface area contributed by atoms with Gasteiger partial charge in [0.05, 0.1) is 35.5 Å². The summed E-state index contributed by atoms with van der Waals surface area (Å²) in [6, 6.07) is 17.8. The van der Waals surface area contributed by atoms with Crippen LogP contribution in [0.5, 0.6) is 5.75 Å². The molecule has 3 aromatic carbocycles. The molecule has 1 aliphatic carbocycles. The lowest BCUT2D eigenvalue weighted by Gasteiger charge is -2.17. The van der Waals surface area contributed by atoms with Crippen LogP contribution < -0.4 is 10.1 Å². The Hall–Kier alpha value is -3.78. The van der Waals surface area contributed by atoms with E-state index in [0.29, 0.717) is 41.4 Å². The summed E-state index contributed by atoms with van der Waals surface area (Å²) in [5, 5.41) is 3.66. The molecule has 8 heteroatoms. The number of thiazole rings is 1. The number of hydrogen-bond donors (Lipinski definition) is 1. The third-order valence-electron chi connectivity index (χ3n) is 7.21. The van der Waals surface area contributed by atoms with E-state index < -0.39 is 5.82 Å². The summed E-state index contributed by atoms with van der Waals surface area (Å²) in [5.41, 5.74) is 3.19. The van der Waals surface area contributed by atoms with E-state index >= 15 is 4.39 Å². The van der Waals surface area contributed by atoms with Gasteiger partial charge in [0.15, 0.2) is 10.9 Å². The first kappa shape index (κ1) is 31.7. The summed E-state index contributed by atoms with van der Waals surface area (Å²) < 4.78 is 26.6. The first-order chi connectivity index (χ1) is 19.0. The fourth-order valence-corrected chi connectivity index (χ4v) is 5.92. The quantitative estimate of drug-likeness (QED) is 0.115. The van der Waals surface area contributed by atoms with Crippen molar-refractivity contribution in [3.63, 3.8) is 0 Å². The minimum Gasteiger partial charge on any atom is -0.497 e. The van der Waals surface area contributed by atoms with Crippen LogP contribution in [0.3, 0.4) is 0 Å². The second-order valence-electron chi connectivity index (χ2n) is 9.78. The van der Waals surface area contributed by atoms with Crippen LogP contribution in [0.15, 0.2) is 60.7 Å². The Balaban J connectivity index is 0.00000231. The van der Waals surface area contributed by atoms with Crippen molar-refractivity contribution in [2.75, 3.05) is 19.0 Å². The number of fused-ring (bicyclic) bond motifs is 1. The lowest BCUT2D eigenvalue weighted by molar-refractivity contribution is -0.149. The maximum absolute atomic E-state index is 15.0. The number of unbranched alkanes of at least 4 members (excludes halogenated alkanes) is 1. The van der Waals surface area contributed by atoms with Crippen molar-refractivity contribution in [2.24, 2.45) is 11.8 Å². The number of hydrogen-bond acceptors (Lipinski definition) is 7. The largest absolute Gasteiger partial charge is 0.497 e. The van der Waals surface area contributed by atoms with E-state index in [1.165, 1.54) is 17.4 Å². The van der Waals surface area contributed by atoms with Crippen molar-refractivity contribution in [1.29, 1.82) is 0 Å². The maximum Gasteiger partial charge on any atom is 0.309 e. The number of rotatable bonds is 10. The minimum atomic E-state index is -0.403. The zero-order valence-electron chi connectivity index (χ0n) is 22.0. The van der Waals surface area contributed by atoms with Crippen molar-refractivity contribution >= 4 is 44.1 Å². The highest BCUT2D eigenvalue weighted by Crippen LogP contribution is 2.36. The molecule has 0 amide bonds. The van der Waals surface area contributed by atoms with Gasteiger partial charge in [-0.25, -0.2) is 9.37 Å². The predicted octanol–water partition coefficient (Wildman–Crippen LogP) is 9.07. The number of benzene rings is 3. The third-order valence-corrected chi connectivity index (χ3v) is 8.14. The van der Waals surface area contributed by atoms with Crippen molar-refractivity contribution in [2.45, 2.75) is 53.9 Å². The maximum atomic E-state index is 15.0. The van der Waals surface area contributed by atoms with Crippen LogP contribution in [0.25, 0.3) is 21.3 Å². The zero-order chi connectivity index (χ0) is 27.4. The first-order valence-corrected chi connectivity index (χ1v) is 14.1. The summed E-state index contributed by atoms with van der Waals surface area (Å²) in [6.45, 7) is 2.45. The molecule has 1 N–H and O–H groups in total. The number of methoxy groups -OCH3 is 1. The van der Waals surface area contributed by atoms with Gasteiger partial charge >= 0.3 is 5.97 Å². The molecule has 4 aromatic rings. The second-order valence-corrected chi connectivity index (χ2v) is 10.8. The standard InChI is InChI=1S/C31H31FN2O4S.2CH4/c1-3-4-16-38-30(36)24-7-5-6-23(24)29(35)20-10-8-19(9-11-20)21-12-14-26(25(32)17-21)33-31-34-27-15-13-22(37-2)18-28(27)39-31;;/h8-15,17-18,23-24H,3-7,16H2,1-2H3,(H,33,34);2*1H4/t23-,24-;;/m1../s1. The normalized spacial score (nSPS) is 16.0. The van der Waals surface area contributed by atoms with Gasteiger partial charge in [-0.2, -0.15) is 0 Å². The number of carbonyl (C=O) groups is 2. The summed E-state index contributed by atoms with van der Waals surface area (Å²) in [6.07, 6.45) is 4.00. The van der Waals surface area contributed by atoms with Gasteiger partial charge < -0.3 is 14.8 Å². The van der Waals surface area contributed by atoms with Gasteiger partial charge in [-0.3, -0.25) is 9.59 Å². The van der Waals surface area contributed by atoms with Crippen molar-refractivity contribution < 1.29 is 23.5 Å². The van der Waals surface area contributed by atoms with E-state index in [1.54, 1.807) is 25.3 Å². The Labute approximate surface area is 245 Å². The number of anilines is 2. The SMILES string of the molecule is C.C.CCCCOC(=O)[C@@H]1CCC[C@H]1C(=O)c1ccc(-c2ccc(Nc3nc4ccc(OC)cc4s3)c(F)c2)cc1. The molecule has 218 valence electrons. The van der Waals surface area contributed by atoms with E-state index in [0.717, 1.165) is 40.8 Å². The van der Waals surface area contributed by atoms with Crippen LogP contribution in [0, 0.1) is 17.7 Å². The average Bonchev–Trinajstić information content (AvgIpc) is 3.60. The molecule has 1 saturated carbocycles. The first-order valence-electron chi connectivity index (χ1n) is 13.3. The van der Waals surface area contributed by atoms with Gasteiger partial charge in [0.25, 0.3) is 0 Å². The number of esters is 1. The van der Waals surface area contributed by atoms with Gasteiger partial charge in [0, 0.05) is 11.5 Å². The molecular formula is C33H39FN2O4S. The summed E-state index contributed by atoms with van der Waals surface area (Å²) in [4.78, 5) is 30.3. The van der Waals surface area contributed by atoms with Gasteiger partial charge in [-0.1, -0.05) is 76.3 Å². The Bertz CT molecular complexity index is 1480. The van der Waals surface area contributed by atoms with E-state index in [1.807, 2.05) is 43.3 Å². The van der Waals surface area contributed by atoms with Crippen molar-refractivity contribution in [1.82, 2.24) is 4.98 Å². The number of nitrogens with one attached hydrogen (secondary N) is 1. The van der Waals surface area contributed by atoms with Crippen LogP contribution in [0.4, 0.5) is 15.2 Å². The number of carbonyl (C=O) groups excluding carboxylic acids is 2. The predicted molar refractivity (Wildman–Crippen MR) is 166 cm³/mol. The smallest absolute Gasteiger partial charge is 0.309 e. The molecule has 0 spiro atoms. The molecule has 1 heterocycles. The summed E-state index contributed by atoms with van der Waals surface area (Å²) >= 11 is 1.42. The summed E-state index contributed by atoms with van der Waals surface area (Å²) in [5.74, 6) is -0.674. The van der Waals surface area contributed by atoms with E-state index in [-0.39, 0.29) is 38.4 Å². The van der Waals surface area contributed by atoms with E-state index in [4.69, 9.17) is 9.47 Å². The molecule has 5 rings (SSSR count). The van der Waals surface area contributed by atoms with Gasteiger partial charge in [-0.15, -0.1) is 0 Å². The molecule has 0 aliphatic heterocycles. The lowest BCUT2D eigenvalue weighted by atomic mass is 9.88. The Morgan fingerprint density at radius 2 is 1.73 bits per heavy atom. The van der Waals surface area contributed by atoms with Crippen LogP contribution in [0.1, 0.15) is 64.2 Å². The number of aromatic nitrogens is 1. The van der Waals surface area contributed by atoms with Crippen LogP contribution in [-0.4, -0.2) is 30.5 Å². The van der Waals surface area contributed by atoms with Crippen molar-refractivity contribution in [3.05, 3.63) is 72.0 Å². The number of nitrogens with zero attached hydrogens (tertiary/aromatic N) is 1. The van der Waals surface area contributed by atoms with Crippen LogP contribution in [0.2, 0.25) is 0 Å². The fraction of sp³-hybridized carbons (Fsp3) is 0.364. The van der Waals surface area contributed by atoms with Gasteiger partial charge in [-0.05, 0) is 60.7 Å². The average molecular weight is 579 g/mol. The number of halogens is 1. The Morgan fingerprint density at radius 3 is 2.44 bits per heavy atom. The molecule has 1 fully saturated rings. The molecule has 1 aromatic heterocycles. The van der Waals surface area contributed by atoms with E-state index in [9.17, 15) is 9.59 Å². The molecular weight excluding hydrogens is 539 g/mol. The van der Waals surface area contributed by atoms with Crippen LogP contribution >= 0.6 is 11.3 Å². The molecule has 41 heavy (non-hydrogen) atoms. The van der Waals surface area contributed by atoms with Crippen LogP contribution in [-0.2, 0) is 9.53 Å². The van der Waals surface area contributed by atoms with Gasteiger partial charge in [0.2, 0.25) is 0 Å². The zero-order valence-corrected chi connectivity index (χ0v) is 22.9. The Kier molecular flexibility index (Phi) is 11.0. The number of ketones is 1. The second kappa shape index (κ2) is 14.2. The highest BCUT2D eigenvalue weighted by molar-refractivity contribution is 7.22. The van der Waals surface area contributed by atoms with Gasteiger partial charge in [0.1, 0.15) is 11.6 Å². The monoisotopic (exact) mass is 578 g/mol. The third kappa shape index (κ3) is 7.11. The van der Waals surface area contributed by atoms with Crippen molar-refractivity contribution in [3.8, 4) is 16.9 Å². The molecule has 0 unspecified atom stereocenters. The molecule has 2 atom stereocenters. The molecule has 0 bridgehead atoms. The molecule has 0 radical (unpaired) electrons. The molecule has 1 aliphatic rings. The highest BCUT2D eigenvalue weighted by atomic mass is 32.1. The number of ether oxygens (including phenoxy) is 2. The fourth-order valence-electron chi connectivity index (χ4n) is 5.02. The molecule has 6 nitrogen and oxygen atoms in total. The lowest BCUT2D eigenvalue weighted by Crippen LogP contribution is -2.27. The minimum absolute atomic E-state index is 0. The topological polar surface area (TPSA) is 77.5 Å². The number of Topliss-reactive ketones (excluding diaryl/α,β-unsaturated/α-hetero) is 1. The summed E-state index contributed by atoms with van der Waals surface area (Å²) in [7, 11) is 1.61. The highest BCUT2D eigenvalue weighted by Gasteiger charge is 2.39. The molecule has 0 saturated heterocycles. The van der Waals surface area contributed by atoms with E-state index in [2.05, 4.69) is 10.3 Å². The Morgan fingerprint density at radius 1 is 1.00 bits per heavy atom.